The number of rotatable bonds is 2. The lowest BCUT2D eigenvalue weighted by atomic mass is 10.2. The van der Waals surface area contributed by atoms with Gasteiger partial charge < -0.3 is 9.40 Å². The number of aromatic amines is 1. The molecule has 3 nitrogen and oxygen atoms in total. The zero-order chi connectivity index (χ0) is 12.4. The van der Waals surface area contributed by atoms with E-state index in [-0.39, 0.29) is 5.43 Å². The van der Waals surface area contributed by atoms with E-state index in [4.69, 9.17) is 4.42 Å². The van der Waals surface area contributed by atoms with Crippen molar-refractivity contribution in [3.05, 3.63) is 70.4 Å². The lowest BCUT2D eigenvalue weighted by Crippen LogP contribution is -2.02. The molecule has 0 atom stereocenters. The lowest BCUT2D eigenvalue weighted by molar-refractivity contribution is 0.557. The van der Waals surface area contributed by atoms with Crippen LogP contribution in [0.15, 0.2) is 57.9 Å². The van der Waals surface area contributed by atoms with Crippen LogP contribution < -0.4 is 5.43 Å². The largest absolute Gasteiger partial charge is 0.465 e. The predicted octanol–water partition coefficient (Wildman–Crippen LogP) is 3.29. The van der Waals surface area contributed by atoms with Gasteiger partial charge in [0.1, 0.15) is 5.76 Å². The molecule has 0 bridgehead atoms. The summed E-state index contributed by atoms with van der Waals surface area (Å²) in [6, 6.07) is 12.7. The van der Waals surface area contributed by atoms with Crippen LogP contribution in [0.5, 0.6) is 0 Å². The van der Waals surface area contributed by atoms with Crippen molar-refractivity contribution >= 4 is 23.1 Å². The summed E-state index contributed by atoms with van der Waals surface area (Å²) >= 11 is 0. The molecule has 0 amide bonds. The smallest absolute Gasteiger partial charge is 0.189 e. The Morgan fingerprint density at radius 2 is 1.94 bits per heavy atom. The topological polar surface area (TPSA) is 46.0 Å². The quantitative estimate of drug-likeness (QED) is 0.743. The molecule has 2 aromatic heterocycles. The third-order valence-corrected chi connectivity index (χ3v) is 2.73. The Kier molecular flexibility index (Phi) is 2.57. The first-order chi connectivity index (χ1) is 8.83. The van der Waals surface area contributed by atoms with E-state index < -0.39 is 0 Å². The number of furan rings is 1. The number of hydrogen-bond acceptors (Lipinski definition) is 2. The van der Waals surface area contributed by atoms with Crippen molar-refractivity contribution in [1.29, 1.82) is 0 Å². The fraction of sp³-hybridized carbons (Fsp3) is 0. The van der Waals surface area contributed by atoms with Crippen LogP contribution in [0.25, 0.3) is 23.1 Å². The van der Waals surface area contributed by atoms with Gasteiger partial charge in [-0.05, 0) is 36.4 Å². The molecule has 0 aliphatic rings. The third kappa shape index (κ3) is 1.98. The average Bonchev–Trinajstić information content (AvgIpc) is 2.90. The SMILES string of the molecule is O=c1cc(/C=C/c2ccco2)[nH]c2ccccc12. The molecule has 3 heteroatoms. The minimum Gasteiger partial charge on any atom is -0.465 e. The highest BCUT2D eigenvalue weighted by atomic mass is 16.3. The van der Waals surface area contributed by atoms with Gasteiger partial charge in [-0.25, -0.2) is 0 Å². The van der Waals surface area contributed by atoms with Crippen molar-refractivity contribution in [3.8, 4) is 0 Å². The van der Waals surface area contributed by atoms with Crippen LogP contribution in [-0.2, 0) is 0 Å². The Morgan fingerprint density at radius 1 is 1.06 bits per heavy atom. The Balaban J connectivity index is 2.06. The molecule has 1 N–H and O–H groups in total. The van der Waals surface area contributed by atoms with Gasteiger partial charge in [0.25, 0.3) is 0 Å². The minimum atomic E-state index is 0.0171. The van der Waals surface area contributed by atoms with E-state index in [0.717, 1.165) is 17.0 Å². The van der Waals surface area contributed by atoms with Crippen molar-refractivity contribution in [2.75, 3.05) is 0 Å². The predicted molar refractivity (Wildman–Crippen MR) is 72.2 cm³/mol. The van der Waals surface area contributed by atoms with Gasteiger partial charge in [0.05, 0.1) is 6.26 Å². The number of aromatic nitrogens is 1. The molecule has 3 rings (SSSR count). The molecule has 0 fully saturated rings. The summed E-state index contributed by atoms with van der Waals surface area (Å²) in [6.45, 7) is 0. The summed E-state index contributed by atoms with van der Waals surface area (Å²) in [5, 5.41) is 0.702. The lowest BCUT2D eigenvalue weighted by Gasteiger charge is -1.99. The fourth-order valence-electron chi connectivity index (χ4n) is 1.87. The molecule has 0 aliphatic carbocycles. The van der Waals surface area contributed by atoms with Crippen LogP contribution >= 0.6 is 0 Å². The van der Waals surface area contributed by atoms with E-state index >= 15 is 0 Å². The number of H-pyrrole nitrogens is 1. The monoisotopic (exact) mass is 237 g/mol. The van der Waals surface area contributed by atoms with E-state index in [1.807, 2.05) is 48.6 Å². The van der Waals surface area contributed by atoms with Gasteiger partial charge in [0.2, 0.25) is 0 Å². The highest BCUT2D eigenvalue weighted by Gasteiger charge is 1.99. The van der Waals surface area contributed by atoms with Gasteiger partial charge in [0, 0.05) is 22.7 Å². The molecule has 1 aromatic carbocycles. The van der Waals surface area contributed by atoms with Crippen LogP contribution in [0.1, 0.15) is 11.5 Å². The summed E-state index contributed by atoms with van der Waals surface area (Å²) in [7, 11) is 0. The van der Waals surface area contributed by atoms with E-state index in [9.17, 15) is 4.79 Å². The number of para-hydroxylation sites is 1. The van der Waals surface area contributed by atoms with Gasteiger partial charge in [-0.15, -0.1) is 0 Å². The molecule has 0 radical (unpaired) electrons. The summed E-state index contributed by atoms with van der Waals surface area (Å²) in [4.78, 5) is 15.1. The number of hydrogen-bond donors (Lipinski definition) is 1. The zero-order valence-corrected chi connectivity index (χ0v) is 9.59. The Bertz CT molecular complexity index is 752. The maximum absolute atomic E-state index is 11.9. The zero-order valence-electron chi connectivity index (χ0n) is 9.59. The van der Waals surface area contributed by atoms with Gasteiger partial charge in [-0.2, -0.15) is 0 Å². The first-order valence-electron chi connectivity index (χ1n) is 5.66. The molecule has 0 saturated carbocycles. The van der Waals surface area contributed by atoms with Crippen molar-refractivity contribution in [2.24, 2.45) is 0 Å². The maximum atomic E-state index is 11.9. The van der Waals surface area contributed by atoms with Crippen LogP contribution in [0.3, 0.4) is 0 Å². The van der Waals surface area contributed by atoms with Gasteiger partial charge in [-0.3, -0.25) is 4.79 Å². The highest BCUT2D eigenvalue weighted by Crippen LogP contribution is 2.10. The summed E-state index contributed by atoms with van der Waals surface area (Å²) in [6.07, 6.45) is 5.26. The Morgan fingerprint density at radius 3 is 2.78 bits per heavy atom. The molecule has 2 heterocycles. The molecular weight excluding hydrogens is 226 g/mol. The highest BCUT2D eigenvalue weighted by molar-refractivity contribution is 5.80. The van der Waals surface area contributed by atoms with E-state index in [2.05, 4.69) is 4.98 Å². The van der Waals surface area contributed by atoms with Gasteiger partial charge in [0.15, 0.2) is 5.43 Å². The average molecular weight is 237 g/mol. The molecule has 0 spiro atoms. The first-order valence-corrected chi connectivity index (χ1v) is 5.66. The summed E-state index contributed by atoms with van der Waals surface area (Å²) in [5.74, 6) is 0.754. The van der Waals surface area contributed by atoms with Crippen molar-refractivity contribution < 1.29 is 4.42 Å². The molecule has 0 aliphatic heterocycles. The first kappa shape index (κ1) is 10.6. The molecule has 0 saturated heterocycles. The number of fused-ring (bicyclic) bond motifs is 1. The second-order valence-electron chi connectivity index (χ2n) is 3.98. The van der Waals surface area contributed by atoms with Crippen LogP contribution in [0, 0.1) is 0 Å². The maximum Gasteiger partial charge on any atom is 0.189 e. The molecule has 18 heavy (non-hydrogen) atoms. The molecule has 88 valence electrons. The van der Waals surface area contributed by atoms with E-state index in [1.165, 1.54) is 0 Å². The number of benzene rings is 1. The Labute approximate surface area is 103 Å². The van der Waals surface area contributed by atoms with Crippen LogP contribution in [0.2, 0.25) is 0 Å². The fourth-order valence-corrected chi connectivity index (χ4v) is 1.87. The third-order valence-electron chi connectivity index (χ3n) is 2.73. The molecule has 0 unspecified atom stereocenters. The standard InChI is InChI=1S/C15H11NO2/c17-15-10-11(7-8-12-4-3-9-18-12)16-14-6-2-1-5-13(14)15/h1-10H,(H,16,17)/b8-7+. The van der Waals surface area contributed by atoms with Gasteiger partial charge >= 0.3 is 0 Å². The van der Waals surface area contributed by atoms with E-state index in [0.29, 0.717) is 5.39 Å². The normalized spacial score (nSPS) is 11.3. The van der Waals surface area contributed by atoms with Gasteiger partial charge in [-0.1, -0.05) is 12.1 Å². The van der Waals surface area contributed by atoms with Crippen LogP contribution in [-0.4, -0.2) is 4.98 Å². The number of pyridine rings is 1. The summed E-state index contributed by atoms with van der Waals surface area (Å²) < 4.78 is 5.19. The number of nitrogens with one attached hydrogen (secondary N) is 1. The molecular formula is C15H11NO2. The van der Waals surface area contributed by atoms with E-state index in [1.54, 1.807) is 12.3 Å². The Hall–Kier alpha value is -2.55. The van der Waals surface area contributed by atoms with Crippen molar-refractivity contribution in [3.63, 3.8) is 0 Å². The summed E-state index contributed by atoms with van der Waals surface area (Å²) in [5.41, 5.74) is 1.61. The second-order valence-corrected chi connectivity index (χ2v) is 3.98. The minimum absolute atomic E-state index is 0.0171. The van der Waals surface area contributed by atoms with Crippen LogP contribution in [0.4, 0.5) is 0 Å². The second kappa shape index (κ2) is 4.37. The van der Waals surface area contributed by atoms with Crippen molar-refractivity contribution in [2.45, 2.75) is 0 Å². The molecule has 3 aromatic rings. The van der Waals surface area contributed by atoms with Crippen molar-refractivity contribution in [1.82, 2.24) is 4.98 Å².